The van der Waals surface area contributed by atoms with Crippen molar-refractivity contribution in [2.75, 3.05) is 6.54 Å². The van der Waals surface area contributed by atoms with Gasteiger partial charge in [0.25, 0.3) is 0 Å². The van der Waals surface area contributed by atoms with Gasteiger partial charge in [-0.1, -0.05) is 11.6 Å². The maximum Gasteiger partial charge on any atom is 0.222 e. The molecular formula is C16H23BrClN5O. The summed E-state index contributed by atoms with van der Waals surface area (Å²) < 4.78 is 4.70. The van der Waals surface area contributed by atoms with Crippen LogP contribution in [0.1, 0.15) is 42.2 Å². The summed E-state index contributed by atoms with van der Waals surface area (Å²) in [4.78, 5) is 12.2. The number of halogens is 2. The molecular weight excluding hydrogens is 394 g/mol. The number of hydrogen-bond acceptors (Lipinski definition) is 3. The Morgan fingerprint density at radius 2 is 1.88 bits per heavy atom. The number of carbonyl (C=O) groups is 1. The molecule has 6 nitrogen and oxygen atoms in total. The molecule has 24 heavy (non-hydrogen) atoms. The number of nitrogens with zero attached hydrogens (tertiary/aromatic N) is 4. The molecule has 1 amide bonds. The average molecular weight is 417 g/mol. The van der Waals surface area contributed by atoms with Gasteiger partial charge in [-0.25, -0.2) is 0 Å². The molecule has 0 aromatic carbocycles. The van der Waals surface area contributed by atoms with Crippen LogP contribution in [0.25, 0.3) is 0 Å². The molecule has 0 saturated heterocycles. The van der Waals surface area contributed by atoms with Gasteiger partial charge < -0.3 is 5.32 Å². The Morgan fingerprint density at radius 3 is 2.38 bits per heavy atom. The second-order valence-corrected chi connectivity index (χ2v) is 7.21. The van der Waals surface area contributed by atoms with Crippen molar-refractivity contribution in [3.05, 3.63) is 32.3 Å². The highest BCUT2D eigenvalue weighted by atomic mass is 79.9. The lowest BCUT2D eigenvalue weighted by atomic mass is 10.2. The Bertz CT molecular complexity index is 752. The Kier molecular flexibility index (Phi) is 6.09. The highest BCUT2D eigenvalue weighted by Crippen LogP contribution is 2.24. The van der Waals surface area contributed by atoms with Crippen LogP contribution in [0.4, 0.5) is 0 Å². The summed E-state index contributed by atoms with van der Waals surface area (Å²) in [5, 5.41) is 12.4. The quantitative estimate of drug-likeness (QED) is 0.784. The van der Waals surface area contributed by atoms with E-state index in [2.05, 4.69) is 31.4 Å². The third-order valence-corrected chi connectivity index (χ3v) is 5.77. The van der Waals surface area contributed by atoms with E-state index in [4.69, 9.17) is 11.6 Å². The van der Waals surface area contributed by atoms with Gasteiger partial charge in [-0.05, 0) is 50.5 Å². The van der Waals surface area contributed by atoms with Crippen molar-refractivity contribution >= 4 is 33.4 Å². The molecule has 0 aliphatic carbocycles. The van der Waals surface area contributed by atoms with Crippen molar-refractivity contribution in [2.45, 2.75) is 53.6 Å². The fourth-order valence-corrected chi connectivity index (χ4v) is 3.09. The van der Waals surface area contributed by atoms with E-state index < -0.39 is 0 Å². The molecule has 2 aromatic heterocycles. The van der Waals surface area contributed by atoms with E-state index in [9.17, 15) is 4.79 Å². The predicted molar refractivity (Wildman–Crippen MR) is 98.4 cm³/mol. The number of nitrogens with one attached hydrogen (secondary N) is 1. The number of rotatable bonds is 6. The molecule has 132 valence electrons. The zero-order valence-corrected chi connectivity index (χ0v) is 17.0. The summed E-state index contributed by atoms with van der Waals surface area (Å²) in [5.41, 5.74) is 3.69. The summed E-state index contributed by atoms with van der Waals surface area (Å²) in [5.74, 6) is -0.00111. The minimum Gasteiger partial charge on any atom is -0.354 e. The first-order valence-corrected chi connectivity index (χ1v) is 9.06. The van der Waals surface area contributed by atoms with Gasteiger partial charge in [0.15, 0.2) is 0 Å². The Labute approximate surface area is 155 Å². The monoisotopic (exact) mass is 415 g/mol. The lowest BCUT2D eigenvalue weighted by molar-refractivity contribution is -0.121. The van der Waals surface area contributed by atoms with E-state index in [-0.39, 0.29) is 11.9 Å². The van der Waals surface area contributed by atoms with Crippen LogP contribution in [-0.4, -0.2) is 32.0 Å². The number of aromatic nitrogens is 4. The average Bonchev–Trinajstić information content (AvgIpc) is 2.92. The predicted octanol–water partition coefficient (Wildman–Crippen LogP) is 3.50. The van der Waals surface area contributed by atoms with Gasteiger partial charge in [0.05, 0.1) is 44.9 Å². The van der Waals surface area contributed by atoms with Crippen LogP contribution in [0.15, 0.2) is 4.47 Å². The first kappa shape index (κ1) is 19.0. The fraction of sp³-hybridized carbons (Fsp3) is 0.562. The van der Waals surface area contributed by atoms with E-state index in [0.29, 0.717) is 24.5 Å². The van der Waals surface area contributed by atoms with Gasteiger partial charge in [0.2, 0.25) is 5.91 Å². The molecule has 0 aliphatic heterocycles. The number of aryl methyl sites for hydroxylation is 2. The van der Waals surface area contributed by atoms with E-state index in [1.807, 2.05) is 44.0 Å². The SMILES string of the molecule is Cc1nn(CCNC(=O)C[C@@H](C)n2nc(C)c(Br)c2C)c(C)c1Cl. The smallest absolute Gasteiger partial charge is 0.222 e. The van der Waals surface area contributed by atoms with Crippen LogP contribution in [0, 0.1) is 27.7 Å². The third kappa shape index (κ3) is 4.00. The van der Waals surface area contributed by atoms with E-state index >= 15 is 0 Å². The van der Waals surface area contributed by atoms with Crippen LogP contribution in [0.5, 0.6) is 0 Å². The van der Waals surface area contributed by atoms with E-state index in [1.165, 1.54) is 0 Å². The van der Waals surface area contributed by atoms with Gasteiger partial charge >= 0.3 is 0 Å². The molecule has 0 radical (unpaired) electrons. The summed E-state index contributed by atoms with van der Waals surface area (Å²) in [6, 6.07) is -0.00173. The maximum atomic E-state index is 12.2. The van der Waals surface area contributed by atoms with Crippen LogP contribution < -0.4 is 5.32 Å². The maximum absolute atomic E-state index is 12.2. The number of amides is 1. The highest BCUT2D eigenvalue weighted by molar-refractivity contribution is 9.10. The minimum absolute atomic E-state index is 0.00111. The van der Waals surface area contributed by atoms with Crippen molar-refractivity contribution in [3.63, 3.8) is 0 Å². The third-order valence-electron chi connectivity index (χ3n) is 4.07. The minimum atomic E-state index is -0.00173. The van der Waals surface area contributed by atoms with Crippen molar-refractivity contribution in [1.29, 1.82) is 0 Å². The van der Waals surface area contributed by atoms with Gasteiger partial charge in [0, 0.05) is 13.0 Å². The summed E-state index contributed by atoms with van der Waals surface area (Å²) in [6.07, 6.45) is 0.381. The first-order valence-electron chi connectivity index (χ1n) is 7.89. The van der Waals surface area contributed by atoms with Crippen LogP contribution in [-0.2, 0) is 11.3 Å². The molecule has 2 heterocycles. The topological polar surface area (TPSA) is 64.7 Å². The van der Waals surface area contributed by atoms with Gasteiger partial charge in [0.1, 0.15) is 0 Å². The van der Waals surface area contributed by atoms with Gasteiger partial charge in [-0.15, -0.1) is 0 Å². The summed E-state index contributed by atoms with van der Waals surface area (Å²) in [7, 11) is 0. The number of carbonyl (C=O) groups excluding carboxylic acids is 1. The molecule has 0 saturated carbocycles. The first-order chi connectivity index (χ1) is 11.2. The Morgan fingerprint density at radius 1 is 1.21 bits per heavy atom. The molecule has 0 aliphatic rings. The largest absolute Gasteiger partial charge is 0.354 e. The van der Waals surface area contributed by atoms with Gasteiger partial charge in [-0.3, -0.25) is 14.2 Å². The second kappa shape index (κ2) is 7.70. The van der Waals surface area contributed by atoms with Gasteiger partial charge in [-0.2, -0.15) is 10.2 Å². The molecule has 2 rings (SSSR count). The second-order valence-electron chi connectivity index (χ2n) is 6.04. The molecule has 1 N–H and O–H groups in total. The Hall–Kier alpha value is -1.34. The van der Waals surface area contributed by atoms with Crippen LogP contribution in [0.2, 0.25) is 5.02 Å². The zero-order chi connectivity index (χ0) is 18.0. The van der Waals surface area contributed by atoms with Crippen LogP contribution in [0.3, 0.4) is 0 Å². The van der Waals surface area contributed by atoms with E-state index in [1.54, 1.807) is 0 Å². The van der Waals surface area contributed by atoms with Crippen molar-refractivity contribution < 1.29 is 4.79 Å². The molecule has 0 unspecified atom stereocenters. The Balaban J connectivity index is 1.86. The lowest BCUT2D eigenvalue weighted by Crippen LogP contribution is -2.29. The molecule has 0 spiro atoms. The molecule has 8 heteroatoms. The highest BCUT2D eigenvalue weighted by Gasteiger charge is 2.17. The zero-order valence-electron chi connectivity index (χ0n) is 14.7. The normalized spacial score (nSPS) is 12.5. The van der Waals surface area contributed by atoms with Crippen molar-refractivity contribution in [3.8, 4) is 0 Å². The molecule has 0 bridgehead atoms. The lowest BCUT2D eigenvalue weighted by Gasteiger charge is -2.14. The fourth-order valence-electron chi connectivity index (χ4n) is 2.69. The van der Waals surface area contributed by atoms with E-state index in [0.717, 1.165) is 27.2 Å². The van der Waals surface area contributed by atoms with Crippen LogP contribution >= 0.6 is 27.5 Å². The molecule has 2 aromatic rings. The summed E-state index contributed by atoms with van der Waals surface area (Å²) in [6.45, 7) is 10.8. The molecule has 0 fully saturated rings. The molecule has 1 atom stereocenters. The standard InChI is InChI=1S/C16H23BrClN5O/c1-9(23-12(4)15(17)10(2)21-23)8-14(24)19-6-7-22-13(5)16(18)11(3)20-22/h9H,6-8H2,1-5H3,(H,19,24)/t9-/m1/s1. The van der Waals surface area contributed by atoms with Crippen molar-refractivity contribution in [2.24, 2.45) is 0 Å². The summed E-state index contributed by atoms with van der Waals surface area (Å²) >= 11 is 9.63. The van der Waals surface area contributed by atoms with Crippen molar-refractivity contribution in [1.82, 2.24) is 24.9 Å². The number of hydrogen-bond donors (Lipinski definition) is 1.